The van der Waals surface area contributed by atoms with Gasteiger partial charge in [-0.3, -0.25) is 4.79 Å². The Bertz CT molecular complexity index is 1180. The highest BCUT2D eigenvalue weighted by molar-refractivity contribution is 7.99. The molecule has 1 aliphatic rings. The SMILES string of the molecule is O=C(c1cccc(O)c1)N1CCC(Cc2ccc(F)c(Sc3cc(C(F)(F)F)ccn3)c2)CC1. The first-order valence-corrected chi connectivity index (χ1v) is 11.6. The van der Waals surface area contributed by atoms with Crippen molar-refractivity contribution in [1.29, 1.82) is 0 Å². The Kier molecular flexibility index (Phi) is 7.11. The van der Waals surface area contributed by atoms with Crippen molar-refractivity contribution in [3.63, 3.8) is 0 Å². The molecule has 0 radical (unpaired) electrons. The average Bonchev–Trinajstić information content (AvgIpc) is 2.81. The summed E-state index contributed by atoms with van der Waals surface area (Å²) < 4.78 is 53.2. The van der Waals surface area contributed by atoms with Gasteiger partial charge >= 0.3 is 6.18 Å². The van der Waals surface area contributed by atoms with E-state index in [9.17, 15) is 27.5 Å². The molecule has 0 spiro atoms. The van der Waals surface area contributed by atoms with Gasteiger partial charge in [-0.1, -0.05) is 23.9 Å². The summed E-state index contributed by atoms with van der Waals surface area (Å²) in [6.45, 7) is 1.16. The molecule has 4 nitrogen and oxygen atoms in total. The van der Waals surface area contributed by atoms with Crippen LogP contribution in [0.25, 0.3) is 0 Å². The third kappa shape index (κ3) is 5.88. The van der Waals surface area contributed by atoms with E-state index in [0.29, 0.717) is 31.0 Å². The first-order chi connectivity index (χ1) is 16.2. The smallest absolute Gasteiger partial charge is 0.416 e. The number of aromatic nitrogens is 1. The standard InChI is InChI=1S/C25H22F4N2O2S/c26-21-5-4-17(13-22(21)34-23-15-19(6-9-30-23)25(27,28)29)12-16-7-10-31(11-8-16)24(33)18-2-1-3-20(32)14-18/h1-6,9,13-16,32H,7-8,10-12H2. The fraction of sp³-hybridized carbons (Fsp3) is 0.280. The number of carbonyl (C=O) groups excluding carboxylic acids is 1. The molecule has 1 aromatic heterocycles. The second-order valence-corrected chi connectivity index (χ2v) is 9.30. The number of hydrogen-bond acceptors (Lipinski definition) is 4. The average molecular weight is 491 g/mol. The zero-order valence-electron chi connectivity index (χ0n) is 18.1. The number of phenolic OH excluding ortho intramolecular Hbond substituents is 1. The van der Waals surface area contributed by atoms with E-state index in [0.717, 1.165) is 48.5 Å². The number of carbonyl (C=O) groups is 1. The number of alkyl halides is 3. The maximum Gasteiger partial charge on any atom is 0.416 e. The number of halogens is 4. The molecule has 1 N–H and O–H groups in total. The van der Waals surface area contributed by atoms with Crippen LogP contribution < -0.4 is 0 Å². The van der Waals surface area contributed by atoms with Crippen molar-refractivity contribution in [1.82, 2.24) is 9.88 Å². The molecule has 0 aliphatic carbocycles. The molecule has 0 atom stereocenters. The first kappa shape index (κ1) is 24.1. The Morgan fingerprint density at radius 3 is 2.56 bits per heavy atom. The minimum atomic E-state index is -4.49. The highest BCUT2D eigenvalue weighted by Crippen LogP contribution is 2.35. The van der Waals surface area contributed by atoms with Crippen LogP contribution in [-0.4, -0.2) is 34.0 Å². The molecule has 34 heavy (non-hydrogen) atoms. The van der Waals surface area contributed by atoms with E-state index in [1.54, 1.807) is 29.2 Å². The summed E-state index contributed by atoms with van der Waals surface area (Å²) in [5, 5.41) is 9.67. The number of amides is 1. The van der Waals surface area contributed by atoms with Gasteiger partial charge in [0.1, 0.15) is 16.6 Å². The third-order valence-corrected chi connectivity index (χ3v) is 6.76. The van der Waals surface area contributed by atoms with Gasteiger partial charge < -0.3 is 10.0 Å². The van der Waals surface area contributed by atoms with Gasteiger partial charge in [0.25, 0.3) is 5.91 Å². The van der Waals surface area contributed by atoms with Crippen molar-refractivity contribution in [2.45, 2.75) is 35.4 Å². The van der Waals surface area contributed by atoms with Gasteiger partial charge in [-0.25, -0.2) is 9.37 Å². The number of aromatic hydroxyl groups is 1. The minimum Gasteiger partial charge on any atom is -0.508 e. The normalized spacial score (nSPS) is 14.9. The zero-order chi connectivity index (χ0) is 24.3. The molecule has 1 amide bonds. The topological polar surface area (TPSA) is 53.4 Å². The van der Waals surface area contributed by atoms with Crippen LogP contribution in [0.1, 0.15) is 34.3 Å². The first-order valence-electron chi connectivity index (χ1n) is 10.8. The van der Waals surface area contributed by atoms with Gasteiger partial charge in [0.15, 0.2) is 0 Å². The van der Waals surface area contributed by atoms with Crippen LogP contribution in [-0.2, 0) is 12.6 Å². The number of benzene rings is 2. The lowest BCUT2D eigenvalue weighted by molar-refractivity contribution is -0.137. The van der Waals surface area contributed by atoms with Crippen molar-refractivity contribution in [3.05, 3.63) is 83.3 Å². The number of rotatable bonds is 5. The summed E-state index contributed by atoms with van der Waals surface area (Å²) in [4.78, 5) is 18.6. The molecular formula is C25H22F4N2O2S. The highest BCUT2D eigenvalue weighted by Gasteiger charge is 2.31. The lowest BCUT2D eigenvalue weighted by Gasteiger charge is -2.32. The molecule has 9 heteroatoms. The summed E-state index contributed by atoms with van der Waals surface area (Å²) in [6, 6.07) is 12.7. The van der Waals surface area contributed by atoms with Gasteiger partial charge in [-0.15, -0.1) is 0 Å². The lowest BCUT2D eigenvalue weighted by atomic mass is 9.90. The number of phenols is 1. The highest BCUT2D eigenvalue weighted by atomic mass is 32.2. The van der Waals surface area contributed by atoms with E-state index in [-0.39, 0.29) is 21.6 Å². The van der Waals surface area contributed by atoms with Gasteiger partial charge in [0.05, 0.1) is 5.56 Å². The van der Waals surface area contributed by atoms with Crippen molar-refractivity contribution < 1.29 is 27.5 Å². The Balaban J connectivity index is 1.38. The van der Waals surface area contributed by atoms with E-state index in [4.69, 9.17) is 0 Å². The molecule has 3 aromatic rings. The van der Waals surface area contributed by atoms with Crippen LogP contribution in [0, 0.1) is 11.7 Å². The second-order valence-electron chi connectivity index (χ2n) is 8.24. The Labute approximate surface area is 198 Å². The molecule has 1 aliphatic heterocycles. The Morgan fingerprint density at radius 2 is 1.85 bits per heavy atom. The summed E-state index contributed by atoms with van der Waals surface area (Å²) in [5.74, 6) is -0.294. The van der Waals surface area contributed by atoms with E-state index < -0.39 is 17.6 Å². The Morgan fingerprint density at radius 1 is 1.09 bits per heavy atom. The second kappa shape index (κ2) is 10.0. The van der Waals surface area contributed by atoms with Crippen molar-refractivity contribution in [2.24, 2.45) is 5.92 Å². The predicted molar refractivity (Wildman–Crippen MR) is 120 cm³/mol. The summed E-state index contributed by atoms with van der Waals surface area (Å²) in [5.41, 5.74) is 0.504. The predicted octanol–water partition coefficient (Wildman–Crippen LogP) is 6.19. The van der Waals surface area contributed by atoms with E-state index in [1.807, 2.05) is 0 Å². The molecule has 1 saturated heterocycles. The van der Waals surface area contributed by atoms with Gasteiger partial charge in [-0.05, 0) is 73.2 Å². The summed E-state index contributed by atoms with van der Waals surface area (Å²) in [7, 11) is 0. The molecule has 2 heterocycles. The van der Waals surface area contributed by atoms with Gasteiger partial charge in [0.2, 0.25) is 0 Å². The maximum absolute atomic E-state index is 14.4. The minimum absolute atomic E-state index is 0.0473. The van der Waals surface area contributed by atoms with Crippen LogP contribution in [0.15, 0.2) is 70.7 Å². The van der Waals surface area contributed by atoms with Crippen molar-refractivity contribution in [2.75, 3.05) is 13.1 Å². The fourth-order valence-electron chi connectivity index (χ4n) is 4.00. The van der Waals surface area contributed by atoms with Crippen LogP contribution >= 0.6 is 11.8 Å². The number of piperidine rings is 1. The quantitative estimate of drug-likeness (QED) is 0.433. The molecular weight excluding hydrogens is 468 g/mol. The number of pyridine rings is 1. The van der Waals surface area contributed by atoms with Crippen LogP contribution in [0.5, 0.6) is 5.75 Å². The fourth-order valence-corrected chi connectivity index (χ4v) is 4.90. The molecule has 1 fully saturated rings. The summed E-state index contributed by atoms with van der Waals surface area (Å²) >= 11 is 0.864. The van der Waals surface area contributed by atoms with Crippen molar-refractivity contribution in [3.8, 4) is 5.75 Å². The van der Waals surface area contributed by atoms with E-state index >= 15 is 0 Å². The van der Waals surface area contributed by atoms with Gasteiger partial charge in [-0.2, -0.15) is 13.2 Å². The molecule has 0 bridgehead atoms. The monoisotopic (exact) mass is 490 g/mol. The van der Waals surface area contributed by atoms with Crippen LogP contribution in [0.4, 0.5) is 17.6 Å². The zero-order valence-corrected chi connectivity index (χ0v) is 18.9. The van der Waals surface area contributed by atoms with Crippen LogP contribution in [0.2, 0.25) is 0 Å². The van der Waals surface area contributed by atoms with E-state index in [1.165, 1.54) is 18.2 Å². The lowest BCUT2D eigenvalue weighted by Crippen LogP contribution is -2.38. The molecule has 0 unspecified atom stereocenters. The molecule has 0 saturated carbocycles. The molecule has 178 valence electrons. The molecule has 4 rings (SSSR count). The molecule has 2 aromatic carbocycles. The number of hydrogen-bond donors (Lipinski definition) is 1. The van der Waals surface area contributed by atoms with Gasteiger partial charge in [0, 0.05) is 29.7 Å². The third-order valence-electron chi connectivity index (χ3n) is 5.79. The number of likely N-dealkylation sites (tertiary alicyclic amines) is 1. The van der Waals surface area contributed by atoms with E-state index in [2.05, 4.69) is 4.98 Å². The Hall–Kier alpha value is -3.07. The largest absolute Gasteiger partial charge is 0.508 e. The maximum atomic E-state index is 14.4. The number of nitrogens with zero attached hydrogens (tertiary/aromatic N) is 2. The summed E-state index contributed by atoms with van der Waals surface area (Å²) in [6.07, 6.45) is -1.19. The van der Waals surface area contributed by atoms with Crippen LogP contribution in [0.3, 0.4) is 0 Å². The van der Waals surface area contributed by atoms with Crippen molar-refractivity contribution >= 4 is 17.7 Å².